The summed E-state index contributed by atoms with van der Waals surface area (Å²) in [5, 5.41) is 7.23. The first-order chi connectivity index (χ1) is 14.7. The van der Waals surface area contributed by atoms with Crippen LogP contribution in [0.4, 0.5) is 5.69 Å². The van der Waals surface area contributed by atoms with Gasteiger partial charge in [0.2, 0.25) is 0 Å². The van der Waals surface area contributed by atoms with Crippen LogP contribution >= 0.6 is 28.6 Å². The highest BCUT2D eigenvalue weighted by molar-refractivity contribution is 9.10. The van der Waals surface area contributed by atoms with Gasteiger partial charge in [0.25, 0.3) is 10.0 Å². The van der Waals surface area contributed by atoms with E-state index >= 15 is 0 Å². The maximum atomic E-state index is 13.1. The third kappa shape index (κ3) is 5.61. The average molecular weight is 520 g/mol. The Morgan fingerprint density at radius 2 is 1.84 bits per heavy atom. The first-order valence-electron chi connectivity index (χ1n) is 9.28. The van der Waals surface area contributed by atoms with Gasteiger partial charge >= 0.3 is 0 Å². The zero-order chi connectivity index (χ0) is 22.6. The Balaban J connectivity index is 1.88. The van der Waals surface area contributed by atoms with Crippen molar-refractivity contribution in [2.75, 3.05) is 11.8 Å². The minimum atomic E-state index is -3.90. The highest BCUT2D eigenvalue weighted by Crippen LogP contribution is 2.34. The van der Waals surface area contributed by atoms with Crippen LogP contribution in [0.3, 0.4) is 0 Å². The Bertz CT molecular complexity index is 1200. The Labute approximate surface area is 195 Å². The number of ether oxygens (including phenoxy) is 1. The highest BCUT2D eigenvalue weighted by Gasteiger charge is 2.22. The van der Waals surface area contributed by atoms with Crippen LogP contribution in [-0.4, -0.2) is 21.4 Å². The molecular weight excluding hydrogens is 498 g/mol. The van der Waals surface area contributed by atoms with E-state index < -0.39 is 10.0 Å². The maximum absolute atomic E-state index is 13.1. The van der Waals surface area contributed by atoms with Crippen LogP contribution in [-0.2, 0) is 16.4 Å². The van der Waals surface area contributed by atoms with Crippen LogP contribution in [0.15, 0.2) is 76.1 Å². The number of anilines is 1. The Morgan fingerprint density at radius 3 is 2.48 bits per heavy atom. The van der Waals surface area contributed by atoms with E-state index in [1.165, 1.54) is 13.2 Å². The van der Waals surface area contributed by atoms with Crippen LogP contribution in [0.2, 0.25) is 0 Å². The number of rotatable bonds is 8. The second kappa shape index (κ2) is 9.76. The first kappa shape index (κ1) is 23.2. The molecule has 9 heteroatoms. The SMILES string of the molecule is COc1ccc(Br)cc1S(=O)(=O)Nc1ccccc1C(S)Cc1ccc(C(=N)N)cc1. The molecule has 3 aromatic rings. The summed E-state index contributed by atoms with van der Waals surface area (Å²) < 4.78 is 34.7. The lowest BCUT2D eigenvalue weighted by Gasteiger charge is -2.18. The zero-order valence-corrected chi connectivity index (χ0v) is 20.0. The number of nitrogens with two attached hydrogens (primary N) is 1. The van der Waals surface area contributed by atoms with Gasteiger partial charge in [-0.15, -0.1) is 0 Å². The third-order valence-corrected chi connectivity index (χ3v) is 7.01. The first-order valence-corrected chi connectivity index (χ1v) is 12.1. The van der Waals surface area contributed by atoms with Crippen molar-refractivity contribution >= 4 is 50.1 Å². The summed E-state index contributed by atoms with van der Waals surface area (Å²) in [6.45, 7) is 0. The number of halogens is 1. The van der Waals surface area contributed by atoms with Crippen LogP contribution in [0.5, 0.6) is 5.75 Å². The van der Waals surface area contributed by atoms with Crippen molar-refractivity contribution in [3.8, 4) is 5.75 Å². The molecule has 1 unspecified atom stereocenters. The van der Waals surface area contributed by atoms with Gasteiger partial charge in [-0.05, 0) is 41.8 Å². The van der Waals surface area contributed by atoms with Crippen LogP contribution in [0.1, 0.15) is 21.9 Å². The van der Waals surface area contributed by atoms with E-state index in [2.05, 4.69) is 20.7 Å². The summed E-state index contributed by atoms with van der Waals surface area (Å²) >= 11 is 8.04. The monoisotopic (exact) mass is 519 g/mol. The molecule has 3 rings (SSSR count). The van der Waals surface area contributed by atoms with Crippen LogP contribution < -0.4 is 15.2 Å². The number of amidine groups is 1. The standard InChI is InChI=1S/C22H22BrN3O3S2/c1-29-19-11-10-16(23)13-21(19)31(27,28)26-18-5-3-2-4-17(18)20(30)12-14-6-8-15(9-7-14)22(24)25/h2-11,13,20,26,30H,12H2,1H3,(H3,24,25). The van der Waals surface area contributed by atoms with Crippen molar-refractivity contribution in [2.24, 2.45) is 5.73 Å². The Kier molecular flexibility index (Phi) is 7.30. The fourth-order valence-electron chi connectivity index (χ4n) is 3.09. The normalized spacial score (nSPS) is 12.2. The molecule has 1 atom stereocenters. The van der Waals surface area contributed by atoms with E-state index in [4.69, 9.17) is 28.5 Å². The summed E-state index contributed by atoms with van der Waals surface area (Å²) in [6.07, 6.45) is 0.570. The molecule has 0 amide bonds. The number of sulfonamides is 1. The van der Waals surface area contributed by atoms with Gasteiger partial charge in [-0.2, -0.15) is 12.6 Å². The average Bonchev–Trinajstić information content (AvgIpc) is 2.74. The number of hydrogen-bond acceptors (Lipinski definition) is 5. The smallest absolute Gasteiger partial charge is 0.265 e. The second-order valence-corrected chi connectivity index (χ2v) is 10.0. The van der Waals surface area contributed by atoms with E-state index in [0.29, 0.717) is 22.1 Å². The molecule has 0 aliphatic carbocycles. The third-order valence-electron chi connectivity index (χ3n) is 4.67. The zero-order valence-electron chi connectivity index (χ0n) is 16.7. The van der Waals surface area contributed by atoms with Gasteiger partial charge in [0.05, 0.1) is 12.8 Å². The molecule has 3 aromatic carbocycles. The number of nitrogen functional groups attached to an aromatic ring is 1. The van der Waals surface area contributed by atoms with Crippen molar-refractivity contribution < 1.29 is 13.2 Å². The molecule has 0 spiro atoms. The molecular formula is C22H22BrN3O3S2. The lowest BCUT2D eigenvalue weighted by Crippen LogP contribution is -2.16. The largest absolute Gasteiger partial charge is 0.495 e. The molecule has 0 radical (unpaired) electrons. The van der Waals surface area contributed by atoms with Gasteiger partial charge < -0.3 is 10.5 Å². The molecule has 0 heterocycles. The molecule has 0 aliphatic heterocycles. The molecule has 4 N–H and O–H groups in total. The van der Waals surface area contributed by atoms with Crippen LogP contribution in [0, 0.1) is 5.41 Å². The Morgan fingerprint density at radius 1 is 1.16 bits per heavy atom. The number of hydrogen-bond donors (Lipinski definition) is 4. The maximum Gasteiger partial charge on any atom is 0.265 e. The van der Waals surface area contributed by atoms with E-state index in [1.54, 1.807) is 36.4 Å². The van der Waals surface area contributed by atoms with Gasteiger partial charge in [0, 0.05) is 15.3 Å². The lowest BCUT2D eigenvalue weighted by molar-refractivity contribution is 0.403. The van der Waals surface area contributed by atoms with Crippen molar-refractivity contribution in [3.05, 3.63) is 87.9 Å². The summed E-state index contributed by atoms with van der Waals surface area (Å²) in [7, 11) is -2.47. The highest BCUT2D eigenvalue weighted by atomic mass is 79.9. The van der Waals surface area contributed by atoms with Gasteiger partial charge in [-0.3, -0.25) is 10.1 Å². The van der Waals surface area contributed by atoms with E-state index in [1.807, 2.05) is 24.3 Å². The topological polar surface area (TPSA) is 105 Å². The Hall–Kier alpha value is -2.49. The summed E-state index contributed by atoms with van der Waals surface area (Å²) in [5.41, 5.74) is 8.35. The molecule has 0 fully saturated rings. The van der Waals surface area contributed by atoms with Crippen molar-refractivity contribution in [2.45, 2.75) is 16.6 Å². The summed E-state index contributed by atoms with van der Waals surface area (Å²) in [6, 6.07) is 19.3. The molecule has 6 nitrogen and oxygen atoms in total. The number of thiol groups is 1. The van der Waals surface area contributed by atoms with E-state index in [0.717, 1.165) is 11.1 Å². The minimum absolute atomic E-state index is 0.0108. The number of benzene rings is 3. The predicted octanol–water partition coefficient (Wildman–Crippen LogP) is 4.76. The minimum Gasteiger partial charge on any atom is -0.495 e. The van der Waals surface area contributed by atoms with Gasteiger partial charge in [-0.25, -0.2) is 8.42 Å². The number of nitrogens with one attached hydrogen (secondary N) is 2. The quantitative estimate of drug-likeness (QED) is 0.195. The molecule has 0 aliphatic rings. The second-order valence-electron chi connectivity index (χ2n) is 6.82. The molecule has 162 valence electrons. The molecule has 31 heavy (non-hydrogen) atoms. The molecule has 0 saturated heterocycles. The van der Waals surface area contributed by atoms with Gasteiger partial charge in [0.1, 0.15) is 16.5 Å². The fraction of sp³-hybridized carbons (Fsp3) is 0.136. The molecule has 0 saturated carbocycles. The number of para-hydroxylation sites is 1. The van der Waals surface area contributed by atoms with Gasteiger partial charge in [-0.1, -0.05) is 58.4 Å². The fourth-order valence-corrected chi connectivity index (χ4v) is 5.33. The molecule has 0 bridgehead atoms. The van der Waals surface area contributed by atoms with Crippen molar-refractivity contribution in [1.82, 2.24) is 0 Å². The molecule has 0 aromatic heterocycles. The van der Waals surface area contributed by atoms with Crippen LogP contribution in [0.25, 0.3) is 0 Å². The summed E-state index contributed by atoms with van der Waals surface area (Å²) in [5.74, 6) is 0.262. The number of methoxy groups -OCH3 is 1. The van der Waals surface area contributed by atoms with Gasteiger partial charge in [0.15, 0.2) is 0 Å². The van der Waals surface area contributed by atoms with E-state index in [-0.39, 0.29) is 21.7 Å². The van der Waals surface area contributed by atoms with Crippen molar-refractivity contribution in [1.29, 1.82) is 5.41 Å². The van der Waals surface area contributed by atoms with E-state index in [9.17, 15) is 8.42 Å². The van der Waals surface area contributed by atoms with Crippen molar-refractivity contribution in [3.63, 3.8) is 0 Å². The lowest BCUT2D eigenvalue weighted by atomic mass is 10.0. The predicted molar refractivity (Wildman–Crippen MR) is 131 cm³/mol. The summed E-state index contributed by atoms with van der Waals surface area (Å²) in [4.78, 5) is 0.0368.